The van der Waals surface area contributed by atoms with E-state index >= 15 is 0 Å². The number of carboxylic acids is 1. The van der Waals surface area contributed by atoms with Crippen LogP contribution in [0.15, 0.2) is 106 Å². The van der Waals surface area contributed by atoms with Crippen LogP contribution in [0.1, 0.15) is 59.9 Å². The normalized spacial score (nSPS) is 11.5. The van der Waals surface area contributed by atoms with Crippen molar-refractivity contribution in [1.29, 1.82) is 0 Å². The number of ether oxygens (including phenoxy) is 7. The van der Waals surface area contributed by atoms with Crippen molar-refractivity contribution in [2.75, 3.05) is 40.2 Å². The first kappa shape index (κ1) is 65.4. The third-order valence-corrected chi connectivity index (χ3v) is 10.6. The molecule has 2 heterocycles. The summed E-state index contributed by atoms with van der Waals surface area (Å²) in [5.74, 6) is -5.09. The third-order valence-electron chi connectivity index (χ3n) is 10.1. The number of esters is 1. The van der Waals surface area contributed by atoms with E-state index in [1.165, 1.54) is 72.8 Å². The Hall–Kier alpha value is -8.11. The summed E-state index contributed by atoms with van der Waals surface area (Å²) >= 11 is 17.0. The molecule has 0 unspecified atom stereocenters. The number of carbonyl (C=O) groups is 6. The largest absolute Gasteiger partial charge is 0.511 e. The lowest BCUT2D eigenvalue weighted by Gasteiger charge is -2.24. The second kappa shape index (κ2) is 32.8. The molecule has 0 radical (unpaired) electrons. The monoisotopic (exact) mass is 1190 g/mol. The second-order valence-electron chi connectivity index (χ2n) is 16.9. The molecule has 5 N–H and O–H groups in total. The number of alkyl halides is 1. The van der Waals surface area contributed by atoms with Crippen LogP contribution in [0.5, 0.6) is 11.8 Å². The first-order valence-electron chi connectivity index (χ1n) is 23.7. The van der Waals surface area contributed by atoms with Crippen LogP contribution in [0.4, 0.5) is 18.4 Å². The Labute approximate surface area is 476 Å². The Balaban J connectivity index is 0.000000307. The minimum Gasteiger partial charge on any atom is -0.479 e. The van der Waals surface area contributed by atoms with Gasteiger partial charge >= 0.3 is 36.1 Å². The Kier molecular flexibility index (Phi) is 26.5. The predicted octanol–water partition coefficient (Wildman–Crippen LogP) is 8.19. The van der Waals surface area contributed by atoms with Crippen LogP contribution >= 0.6 is 34.8 Å². The lowest BCUT2D eigenvalue weighted by Crippen LogP contribution is -2.47. The average molecular weight is 1200 g/mol. The maximum atomic E-state index is 14.3. The number of aliphatic hydroxyl groups excluding tert-OH is 2. The number of carboxylic acid groups (broad SMARTS) is 1. The molecule has 24 nitrogen and oxygen atoms in total. The molecule has 0 saturated carbocycles. The summed E-state index contributed by atoms with van der Waals surface area (Å²) in [5.41, 5.74) is 8.06. The van der Waals surface area contributed by atoms with Crippen molar-refractivity contribution in [1.82, 2.24) is 31.2 Å². The van der Waals surface area contributed by atoms with E-state index in [1.807, 2.05) is 0 Å². The molecule has 29 heteroatoms. The van der Waals surface area contributed by atoms with Gasteiger partial charge in [0.2, 0.25) is 18.3 Å². The van der Waals surface area contributed by atoms with Gasteiger partial charge in [-0.2, -0.15) is 0 Å². The molecule has 0 saturated heterocycles. The summed E-state index contributed by atoms with van der Waals surface area (Å²) < 4.78 is 70.8. The lowest BCUT2D eigenvalue weighted by molar-refractivity contribution is -0.164. The van der Waals surface area contributed by atoms with Gasteiger partial charge in [0, 0.05) is 34.3 Å². The fraction of sp³-hybridized carbons (Fsp3) is 0.308. The van der Waals surface area contributed by atoms with Gasteiger partial charge in [-0.25, -0.2) is 38.0 Å². The van der Waals surface area contributed by atoms with Crippen molar-refractivity contribution in [3.05, 3.63) is 141 Å². The number of aromatic nitrogens is 2. The number of hydrazine groups is 2. The van der Waals surface area contributed by atoms with Gasteiger partial charge in [-0.05, 0) is 96.7 Å². The molecule has 6 aromatic rings. The highest BCUT2D eigenvalue weighted by atomic mass is 35.5. The number of nitrogens with zero attached hydrogens (tertiary/aromatic N) is 4. The summed E-state index contributed by atoms with van der Waals surface area (Å²) in [6.45, 7) is 5.10. The Morgan fingerprint density at radius 1 is 0.605 bits per heavy atom. The maximum Gasteiger partial charge on any atom is 0.511 e. The number of benzene rings is 4. The minimum atomic E-state index is -1.76. The summed E-state index contributed by atoms with van der Waals surface area (Å²) in [7, 11) is 2.70. The van der Waals surface area contributed by atoms with E-state index in [-0.39, 0.29) is 48.5 Å². The number of halogens is 5. The van der Waals surface area contributed by atoms with Crippen LogP contribution < -0.4 is 20.3 Å². The number of amides is 2. The van der Waals surface area contributed by atoms with E-state index in [9.17, 15) is 47.8 Å². The third kappa shape index (κ3) is 22.5. The lowest BCUT2D eigenvalue weighted by atomic mass is 10.0. The van der Waals surface area contributed by atoms with Gasteiger partial charge in [0.1, 0.15) is 11.6 Å². The van der Waals surface area contributed by atoms with Crippen molar-refractivity contribution < 1.29 is 95.1 Å². The predicted molar refractivity (Wildman–Crippen MR) is 282 cm³/mol. The molecule has 2 aromatic heterocycles. The number of hydrogen-bond acceptors (Lipinski definition) is 21. The summed E-state index contributed by atoms with van der Waals surface area (Å²) in [6.07, 6.45) is -5.86. The van der Waals surface area contributed by atoms with Crippen LogP contribution in [-0.2, 0) is 46.4 Å². The zero-order valence-corrected chi connectivity index (χ0v) is 46.2. The quantitative estimate of drug-likeness (QED) is 0.0133. The van der Waals surface area contributed by atoms with Crippen molar-refractivity contribution in [3.8, 4) is 34.0 Å². The molecule has 81 heavy (non-hydrogen) atoms. The first-order valence-corrected chi connectivity index (χ1v) is 25.0. The minimum absolute atomic E-state index is 0.00310. The number of aliphatic carboxylic acids is 1. The van der Waals surface area contributed by atoms with Crippen molar-refractivity contribution in [2.45, 2.75) is 65.2 Å². The molecular weight excluding hydrogens is 1140 g/mol. The van der Waals surface area contributed by atoms with E-state index < -0.39 is 85.9 Å². The number of aliphatic hydroxyl groups is 2. The molecule has 2 atom stereocenters. The van der Waals surface area contributed by atoms with E-state index in [1.54, 1.807) is 76.2 Å². The number of nitrogens with one attached hydrogen (secondary N) is 2. The first-order chi connectivity index (χ1) is 38.5. The Morgan fingerprint density at radius 3 is 1.38 bits per heavy atom. The number of rotatable bonds is 23. The van der Waals surface area contributed by atoms with Gasteiger partial charge in [-0.1, -0.05) is 83.3 Å². The fourth-order valence-electron chi connectivity index (χ4n) is 6.38. The van der Waals surface area contributed by atoms with Crippen LogP contribution in [0.2, 0.25) is 10.0 Å². The highest BCUT2D eigenvalue weighted by molar-refractivity contribution is 6.31. The maximum absolute atomic E-state index is 14.3. The molecule has 4 aromatic carbocycles. The van der Waals surface area contributed by atoms with Gasteiger partial charge in [0.25, 0.3) is 11.8 Å². The summed E-state index contributed by atoms with van der Waals surface area (Å²) in [6, 6.07) is 24.1. The van der Waals surface area contributed by atoms with Gasteiger partial charge in [0.05, 0.1) is 51.6 Å². The molecule has 0 fully saturated rings. The highest BCUT2D eigenvalue weighted by Crippen LogP contribution is 2.28. The fourth-order valence-corrected chi connectivity index (χ4v) is 6.81. The number of methoxy groups -OCH3 is 2. The van der Waals surface area contributed by atoms with E-state index in [2.05, 4.69) is 35.4 Å². The van der Waals surface area contributed by atoms with Crippen LogP contribution in [0, 0.1) is 11.6 Å². The SMILES string of the molecule is CC(C)OC(=O)OCCl.COc1cc(C(=O)NN(Cc2ccc(-c3cc(Cl)ccc3F)cc2)C[C@@H](O)C(=O)O)on1.COc1cc(C(=O)NN(Cc2ccc(-c3cc(Cl)ccc3F)cc2)C[C@@H](O)C(=O)OCOC(=O)OC(C)C)on1. The molecule has 436 valence electrons. The molecule has 0 spiro atoms. The molecule has 0 bridgehead atoms. The van der Waals surface area contributed by atoms with E-state index in [4.69, 9.17) is 67.9 Å². The number of carbonyl (C=O) groups excluding carboxylic acids is 5. The molecule has 6 rings (SSSR count). The second-order valence-corrected chi connectivity index (χ2v) is 18.0. The van der Waals surface area contributed by atoms with E-state index in [0.29, 0.717) is 43.4 Å². The summed E-state index contributed by atoms with van der Waals surface area (Å²) in [5, 5.41) is 39.5. The molecule has 0 aliphatic rings. The molecule has 0 aliphatic heterocycles. The van der Waals surface area contributed by atoms with Crippen molar-refractivity contribution in [2.24, 2.45) is 0 Å². The van der Waals surface area contributed by atoms with Gasteiger partial charge in [-0.15, -0.1) is 0 Å². The van der Waals surface area contributed by atoms with E-state index in [0.717, 1.165) is 0 Å². The summed E-state index contributed by atoms with van der Waals surface area (Å²) in [4.78, 5) is 70.2. The number of hydrogen-bond donors (Lipinski definition) is 5. The molecule has 2 amide bonds. The van der Waals surface area contributed by atoms with Crippen molar-refractivity contribution in [3.63, 3.8) is 0 Å². The Bertz CT molecular complexity index is 3020. The van der Waals surface area contributed by atoms with Gasteiger partial charge < -0.3 is 57.5 Å². The van der Waals surface area contributed by atoms with Gasteiger partial charge in [0.15, 0.2) is 18.3 Å². The van der Waals surface area contributed by atoms with Crippen LogP contribution in [-0.4, -0.2) is 136 Å². The van der Waals surface area contributed by atoms with Crippen LogP contribution in [0.25, 0.3) is 22.3 Å². The zero-order valence-electron chi connectivity index (χ0n) is 43.9. The van der Waals surface area contributed by atoms with Crippen LogP contribution in [0.3, 0.4) is 0 Å². The highest BCUT2D eigenvalue weighted by Gasteiger charge is 2.26. The molecule has 0 aliphatic carbocycles. The zero-order chi connectivity index (χ0) is 59.8. The standard InChI is InChI=1S/C26H27ClFN3O9.C21H19ClFN3O6.C5H9ClO3/c1-15(2)39-26(35)38-14-37-25(34)21(32)13-31(29-24(33)22-11-23(36-3)30-40-22)12-16-4-6-17(7-5-16)19-10-18(27)8-9-20(19)28;1-31-19-9-18(32-25-19)20(28)24-26(11-17(27)21(29)30)10-12-2-4-13(5-3-12)15-8-14(22)6-7-16(15)23;1-4(2)9-5(7)8-3-6/h4-11,15,21,32H,12-14H2,1-3H3,(H,29,33);2-9,17,27H,10-11H2,1H3,(H,24,28)(H,29,30);4H,3H2,1-2H3/t21-;17-;/m11./s1. The smallest absolute Gasteiger partial charge is 0.479 e. The Morgan fingerprint density at radius 2 is 1.01 bits per heavy atom. The topological polar surface area (TPSA) is 310 Å². The molecular formula is C52H55Cl3F2N6O18. The van der Waals surface area contributed by atoms with Gasteiger partial charge in [-0.3, -0.25) is 20.4 Å². The average Bonchev–Trinajstić information content (AvgIpc) is 4.12. The van der Waals surface area contributed by atoms with Crippen molar-refractivity contribution >= 4 is 70.9 Å².